The lowest BCUT2D eigenvalue weighted by Crippen LogP contribution is -2.03. The van der Waals surface area contributed by atoms with Gasteiger partial charge in [0.15, 0.2) is 0 Å². The second-order valence-electron chi connectivity index (χ2n) is 2.93. The lowest BCUT2D eigenvalue weighted by atomic mass is 10.1. The fourth-order valence-electron chi connectivity index (χ4n) is 1.17. The molecule has 1 aromatic rings. The van der Waals surface area contributed by atoms with Crippen molar-refractivity contribution in [2.24, 2.45) is 0 Å². The van der Waals surface area contributed by atoms with E-state index in [4.69, 9.17) is 5.11 Å². The Hall–Kier alpha value is -1.64. The molecule has 0 spiro atoms. The van der Waals surface area contributed by atoms with Crippen LogP contribution in [0.3, 0.4) is 0 Å². The van der Waals surface area contributed by atoms with Crippen molar-refractivity contribution in [2.75, 3.05) is 0 Å². The van der Waals surface area contributed by atoms with Crippen LogP contribution in [0, 0.1) is 5.82 Å². The van der Waals surface area contributed by atoms with Crippen LogP contribution in [0.4, 0.5) is 4.39 Å². The van der Waals surface area contributed by atoms with Crippen molar-refractivity contribution in [2.45, 2.75) is 13.3 Å². The molecule has 0 saturated carbocycles. The van der Waals surface area contributed by atoms with E-state index in [1.807, 2.05) is 0 Å². The van der Waals surface area contributed by atoms with Crippen molar-refractivity contribution in [1.82, 2.24) is 0 Å². The number of benzene rings is 1. The maximum absolute atomic E-state index is 12.8. The van der Waals surface area contributed by atoms with Gasteiger partial charge in [-0.15, -0.1) is 0 Å². The van der Waals surface area contributed by atoms with Crippen molar-refractivity contribution in [3.05, 3.63) is 47.3 Å². The molecule has 0 saturated heterocycles. The highest BCUT2D eigenvalue weighted by atomic mass is 19.1. The molecule has 0 aromatic heterocycles. The van der Waals surface area contributed by atoms with Crippen molar-refractivity contribution in [1.29, 1.82) is 0 Å². The van der Waals surface area contributed by atoms with Gasteiger partial charge in [-0.2, -0.15) is 0 Å². The fraction of sp³-hybridized carbons (Fsp3) is 0.182. The Bertz CT molecular complexity index is 369. The van der Waals surface area contributed by atoms with Gasteiger partial charge in [-0.05, 0) is 24.6 Å². The molecule has 0 aliphatic carbocycles. The van der Waals surface area contributed by atoms with Gasteiger partial charge in [0.2, 0.25) is 0 Å². The molecule has 14 heavy (non-hydrogen) atoms. The summed E-state index contributed by atoms with van der Waals surface area (Å²) in [6.07, 6.45) is 1.77. The van der Waals surface area contributed by atoms with Crippen LogP contribution in [0.25, 0.3) is 0 Å². The van der Waals surface area contributed by atoms with Crippen molar-refractivity contribution < 1.29 is 14.3 Å². The van der Waals surface area contributed by atoms with E-state index in [9.17, 15) is 9.18 Å². The van der Waals surface area contributed by atoms with Crippen LogP contribution >= 0.6 is 0 Å². The van der Waals surface area contributed by atoms with Crippen molar-refractivity contribution in [3.8, 4) is 0 Å². The second-order valence-corrected chi connectivity index (χ2v) is 2.93. The SMILES string of the molecule is CC=C(Cc1cccc(F)c1)C(=O)O. The summed E-state index contributed by atoms with van der Waals surface area (Å²) in [5.74, 6) is -1.31. The van der Waals surface area contributed by atoms with Gasteiger partial charge >= 0.3 is 5.97 Å². The number of rotatable bonds is 3. The monoisotopic (exact) mass is 194 g/mol. The first-order chi connectivity index (χ1) is 6.63. The number of carboxylic acid groups (broad SMARTS) is 1. The summed E-state index contributed by atoms with van der Waals surface area (Å²) in [6, 6.07) is 5.95. The summed E-state index contributed by atoms with van der Waals surface area (Å²) in [4.78, 5) is 10.7. The Morgan fingerprint density at radius 2 is 2.29 bits per heavy atom. The summed E-state index contributed by atoms with van der Waals surface area (Å²) >= 11 is 0. The first-order valence-electron chi connectivity index (χ1n) is 4.26. The molecule has 0 fully saturated rings. The Labute approximate surface area is 81.7 Å². The van der Waals surface area contributed by atoms with E-state index < -0.39 is 5.97 Å². The standard InChI is InChI=1S/C11H11FO2/c1-2-9(11(13)14)6-8-4-3-5-10(12)7-8/h2-5,7H,6H2,1H3,(H,13,14). The maximum atomic E-state index is 12.8. The molecule has 74 valence electrons. The zero-order valence-corrected chi connectivity index (χ0v) is 7.83. The molecule has 0 bridgehead atoms. The summed E-state index contributed by atoms with van der Waals surface area (Å²) in [6.45, 7) is 1.66. The van der Waals surface area contributed by atoms with E-state index in [2.05, 4.69) is 0 Å². The number of hydrogen-bond donors (Lipinski definition) is 1. The van der Waals surface area contributed by atoms with Crippen LogP contribution in [-0.2, 0) is 11.2 Å². The third-order valence-corrected chi connectivity index (χ3v) is 1.91. The summed E-state index contributed by atoms with van der Waals surface area (Å²) in [5.41, 5.74) is 0.941. The van der Waals surface area contributed by atoms with Gasteiger partial charge in [0.1, 0.15) is 5.82 Å². The molecule has 1 N–H and O–H groups in total. The molecule has 0 radical (unpaired) electrons. The van der Waals surface area contributed by atoms with Crippen LogP contribution < -0.4 is 0 Å². The zero-order chi connectivity index (χ0) is 10.6. The quantitative estimate of drug-likeness (QED) is 0.750. The number of hydrogen-bond acceptors (Lipinski definition) is 1. The van der Waals surface area contributed by atoms with E-state index in [0.29, 0.717) is 5.56 Å². The smallest absolute Gasteiger partial charge is 0.331 e. The minimum atomic E-state index is -0.961. The van der Waals surface area contributed by atoms with Gasteiger partial charge in [0.05, 0.1) is 0 Å². The van der Waals surface area contributed by atoms with Gasteiger partial charge in [-0.25, -0.2) is 9.18 Å². The average Bonchev–Trinajstić information content (AvgIpc) is 2.14. The normalized spacial score (nSPS) is 11.4. The van der Waals surface area contributed by atoms with Crippen LogP contribution in [-0.4, -0.2) is 11.1 Å². The third kappa shape index (κ3) is 2.69. The molecule has 3 heteroatoms. The van der Waals surface area contributed by atoms with Gasteiger partial charge < -0.3 is 5.11 Å². The third-order valence-electron chi connectivity index (χ3n) is 1.91. The Kier molecular flexibility index (Phi) is 3.40. The molecule has 0 aliphatic rings. The number of aliphatic carboxylic acids is 1. The summed E-state index contributed by atoms with van der Waals surface area (Å²) in [5, 5.41) is 8.74. The van der Waals surface area contributed by atoms with Crippen LogP contribution in [0.5, 0.6) is 0 Å². The minimum absolute atomic E-state index is 0.254. The largest absolute Gasteiger partial charge is 0.478 e. The Balaban J connectivity index is 2.83. The number of carbonyl (C=O) groups is 1. The summed E-state index contributed by atoms with van der Waals surface area (Å²) in [7, 11) is 0. The predicted octanol–water partition coefficient (Wildman–Crippen LogP) is 2.40. The maximum Gasteiger partial charge on any atom is 0.331 e. The molecule has 0 amide bonds. The average molecular weight is 194 g/mol. The molecule has 1 aromatic carbocycles. The second kappa shape index (κ2) is 4.56. The minimum Gasteiger partial charge on any atom is -0.478 e. The molecule has 0 unspecified atom stereocenters. The van der Waals surface area contributed by atoms with E-state index in [1.165, 1.54) is 18.2 Å². The van der Waals surface area contributed by atoms with E-state index in [1.54, 1.807) is 19.1 Å². The van der Waals surface area contributed by atoms with Gasteiger partial charge in [-0.3, -0.25) is 0 Å². The van der Waals surface area contributed by atoms with E-state index in [-0.39, 0.29) is 17.8 Å². The Morgan fingerprint density at radius 3 is 2.79 bits per heavy atom. The lowest BCUT2D eigenvalue weighted by Gasteiger charge is -2.01. The number of halogens is 1. The molecule has 2 nitrogen and oxygen atoms in total. The van der Waals surface area contributed by atoms with E-state index >= 15 is 0 Å². The number of allylic oxidation sites excluding steroid dienone is 1. The topological polar surface area (TPSA) is 37.3 Å². The molecule has 0 aliphatic heterocycles. The molecular weight excluding hydrogens is 183 g/mol. The van der Waals surface area contributed by atoms with Gasteiger partial charge in [0, 0.05) is 12.0 Å². The van der Waals surface area contributed by atoms with Crippen LogP contribution in [0.2, 0.25) is 0 Å². The molecule has 0 atom stereocenters. The molecular formula is C11H11FO2. The van der Waals surface area contributed by atoms with Crippen molar-refractivity contribution >= 4 is 5.97 Å². The predicted molar refractivity (Wildman–Crippen MR) is 51.5 cm³/mol. The van der Waals surface area contributed by atoms with Crippen LogP contribution in [0.1, 0.15) is 12.5 Å². The van der Waals surface area contributed by atoms with Crippen molar-refractivity contribution in [3.63, 3.8) is 0 Å². The molecule has 1 rings (SSSR count). The highest BCUT2D eigenvalue weighted by molar-refractivity contribution is 5.86. The lowest BCUT2D eigenvalue weighted by molar-refractivity contribution is -0.132. The summed E-state index contributed by atoms with van der Waals surface area (Å²) < 4.78 is 12.8. The highest BCUT2D eigenvalue weighted by Gasteiger charge is 2.06. The first kappa shape index (κ1) is 10.4. The highest BCUT2D eigenvalue weighted by Crippen LogP contribution is 2.09. The Morgan fingerprint density at radius 1 is 1.57 bits per heavy atom. The first-order valence-corrected chi connectivity index (χ1v) is 4.26. The van der Waals surface area contributed by atoms with E-state index in [0.717, 1.165) is 0 Å². The van der Waals surface area contributed by atoms with Gasteiger partial charge in [-0.1, -0.05) is 18.2 Å². The fourth-order valence-corrected chi connectivity index (χ4v) is 1.17. The molecule has 0 heterocycles. The van der Waals surface area contributed by atoms with Crippen LogP contribution in [0.15, 0.2) is 35.9 Å². The number of carboxylic acids is 1. The zero-order valence-electron chi connectivity index (χ0n) is 7.83. The van der Waals surface area contributed by atoms with Gasteiger partial charge in [0.25, 0.3) is 0 Å².